The highest BCUT2D eigenvalue weighted by Gasteiger charge is 2.41. The van der Waals surface area contributed by atoms with Gasteiger partial charge in [0.2, 0.25) is 11.8 Å². The number of primary amides is 1. The molecule has 7 heteroatoms. The number of hydrogen-bond donors (Lipinski definition) is 2. The van der Waals surface area contributed by atoms with Crippen molar-refractivity contribution in [3.8, 4) is 0 Å². The molecule has 1 unspecified atom stereocenters. The Morgan fingerprint density at radius 2 is 1.56 bits per heavy atom. The summed E-state index contributed by atoms with van der Waals surface area (Å²) in [5.74, 6) is -3.10. The maximum Gasteiger partial charge on any atom is 0.307 e. The van der Waals surface area contributed by atoms with Gasteiger partial charge in [-0.1, -0.05) is 55.3 Å². The van der Waals surface area contributed by atoms with Crippen LogP contribution in [-0.4, -0.2) is 40.1 Å². The lowest BCUT2D eigenvalue weighted by molar-refractivity contribution is -0.153. The molecule has 1 aliphatic heterocycles. The number of carbonyl (C=O) groups excluding carboxylic acids is 3. The minimum atomic E-state index is -0.912. The molecule has 2 aliphatic rings. The second kappa shape index (κ2) is 10.2. The molecule has 2 aromatic carbocycles. The number of hydrogen-bond acceptors (Lipinski definition) is 4. The first-order valence-corrected chi connectivity index (χ1v) is 11.9. The van der Waals surface area contributed by atoms with E-state index in [1.807, 2.05) is 24.3 Å². The number of carbonyl (C=O) groups is 4. The summed E-state index contributed by atoms with van der Waals surface area (Å²) in [7, 11) is 0. The molecule has 1 heterocycles. The SMILES string of the molecule is NC(=O)c1ccccc1C(=O)CC[C@@H]1c2ccccc2CCN1C(=O)[C@@H]1CCCCC1C(=O)O. The lowest BCUT2D eigenvalue weighted by atomic mass is 9.77. The lowest BCUT2D eigenvalue weighted by Gasteiger charge is -2.41. The van der Waals surface area contributed by atoms with Crippen molar-refractivity contribution in [3.63, 3.8) is 0 Å². The van der Waals surface area contributed by atoms with Crippen molar-refractivity contribution in [3.05, 3.63) is 70.8 Å². The zero-order valence-electron chi connectivity index (χ0n) is 19.1. The van der Waals surface area contributed by atoms with E-state index < -0.39 is 23.7 Å². The van der Waals surface area contributed by atoms with Gasteiger partial charge in [0, 0.05) is 24.1 Å². The normalized spacial score (nSPS) is 22.0. The van der Waals surface area contributed by atoms with E-state index in [1.54, 1.807) is 23.1 Å². The van der Waals surface area contributed by atoms with Crippen LogP contribution in [0.15, 0.2) is 48.5 Å². The molecule has 178 valence electrons. The van der Waals surface area contributed by atoms with E-state index in [0.717, 1.165) is 24.0 Å². The molecular weight excluding hydrogens is 432 g/mol. The van der Waals surface area contributed by atoms with Gasteiger partial charge in [0.25, 0.3) is 0 Å². The summed E-state index contributed by atoms with van der Waals surface area (Å²) in [5.41, 5.74) is 8.06. The third-order valence-electron chi connectivity index (χ3n) is 7.23. The molecular formula is C27H30N2O5. The number of carboxylic acid groups (broad SMARTS) is 1. The third kappa shape index (κ3) is 4.74. The standard InChI is InChI=1S/C27H30N2O5/c28-25(31)20-10-4-3-9-19(20)24(30)14-13-23-18-8-2-1-7-17(18)15-16-29(23)26(32)21-11-5-6-12-22(21)27(33)34/h1-4,7-10,21-23H,5-6,11-16H2,(H2,28,31)(H,33,34)/t21-,22?,23-/m1/s1. The Labute approximate surface area is 198 Å². The number of Topliss-reactive ketones (excluding diaryl/α,β-unsaturated/α-hetero) is 1. The fraction of sp³-hybridized carbons (Fsp3) is 0.407. The largest absolute Gasteiger partial charge is 0.481 e. The van der Waals surface area contributed by atoms with E-state index >= 15 is 0 Å². The van der Waals surface area contributed by atoms with E-state index in [0.29, 0.717) is 32.2 Å². The van der Waals surface area contributed by atoms with Crippen molar-refractivity contribution < 1.29 is 24.3 Å². The van der Waals surface area contributed by atoms with Crippen LogP contribution in [0.1, 0.15) is 76.4 Å². The average molecular weight is 463 g/mol. The van der Waals surface area contributed by atoms with Gasteiger partial charge in [0.1, 0.15) is 0 Å². The summed E-state index contributed by atoms with van der Waals surface area (Å²) in [6, 6.07) is 14.1. The Morgan fingerprint density at radius 1 is 0.912 bits per heavy atom. The van der Waals surface area contributed by atoms with Crippen molar-refractivity contribution in [2.75, 3.05) is 6.54 Å². The van der Waals surface area contributed by atoms with Crippen molar-refractivity contribution in [1.29, 1.82) is 0 Å². The third-order valence-corrected chi connectivity index (χ3v) is 7.23. The first kappa shape index (κ1) is 23.7. The Hall–Kier alpha value is -3.48. The highest BCUT2D eigenvalue weighted by Crippen LogP contribution is 2.38. The number of fused-ring (bicyclic) bond motifs is 1. The minimum absolute atomic E-state index is 0.128. The number of benzene rings is 2. The zero-order valence-corrected chi connectivity index (χ0v) is 19.1. The molecule has 0 bridgehead atoms. The quantitative estimate of drug-likeness (QED) is 0.608. The van der Waals surface area contributed by atoms with Crippen LogP contribution in [0.4, 0.5) is 0 Å². The average Bonchev–Trinajstić information content (AvgIpc) is 2.86. The maximum absolute atomic E-state index is 13.7. The summed E-state index contributed by atoms with van der Waals surface area (Å²) in [5, 5.41) is 9.70. The van der Waals surface area contributed by atoms with E-state index in [4.69, 9.17) is 5.73 Å². The van der Waals surface area contributed by atoms with Crippen molar-refractivity contribution in [1.82, 2.24) is 4.90 Å². The predicted octanol–water partition coefficient (Wildman–Crippen LogP) is 3.77. The van der Waals surface area contributed by atoms with E-state index in [1.165, 1.54) is 6.07 Å². The van der Waals surface area contributed by atoms with Gasteiger partial charge in [-0.25, -0.2) is 0 Å². The van der Waals surface area contributed by atoms with Crippen LogP contribution in [-0.2, 0) is 16.0 Å². The van der Waals surface area contributed by atoms with Gasteiger partial charge in [0.05, 0.1) is 17.9 Å². The van der Waals surface area contributed by atoms with E-state index in [2.05, 4.69) is 0 Å². The van der Waals surface area contributed by atoms with Crippen molar-refractivity contribution >= 4 is 23.6 Å². The first-order chi connectivity index (χ1) is 16.4. The number of nitrogens with zero attached hydrogens (tertiary/aromatic N) is 1. The summed E-state index contributed by atoms with van der Waals surface area (Å²) in [4.78, 5) is 52.1. The molecule has 7 nitrogen and oxygen atoms in total. The molecule has 0 saturated heterocycles. The van der Waals surface area contributed by atoms with Crippen LogP contribution in [0.3, 0.4) is 0 Å². The predicted molar refractivity (Wildman–Crippen MR) is 126 cm³/mol. The molecule has 3 atom stereocenters. The summed E-state index contributed by atoms with van der Waals surface area (Å²) in [6.07, 6.45) is 3.98. The van der Waals surface area contributed by atoms with Crippen LogP contribution in [0.25, 0.3) is 0 Å². The monoisotopic (exact) mass is 462 g/mol. The van der Waals surface area contributed by atoms with Crippen LogP contribution in [0, 0.1) is 11.8 Å². The number of nitrogens with two attached hydrogens (primary N) is 1. The number of carboxylic acids is 1. The number of aliphatic carboxylic acids is 1. The Bertz CT molecular complexity index is 1110. The van der Waals surface area contributed by atoms with Crippen LogP contribution in [0.5, 0.6) is 0 Å². The number of ketones is 1. The molecule has 0 radical (unpaired) electrons. The van der Waals surface area contributed by atoms with Gasteiger partial charge in [0.15, 0.2) is 5.78 Å². The smallest absolute Gasteiger partial charge is 0.307 e. The lowest BCUT2D eigenvalue weighted by Crippen LogP contribution is -2.47. The van der Waals surface area contributed by atoms with E-state index in [9.17, 15) is 24.3 Å². The molecule has 4 rings (SSSR count). The number of amides is 2. The molecule has 0 aromatic heterocycles. The number of rotatable bonds is 7. The van der Waals surface area contributed by atoms with Crippen molar-refractivity contribution in [2.24, 2.45) is 17.6 Å². The first-order valence-electron chi connectivity index (χ1n) is 11.9. The molecule has 1 saturated carbocycles. The highest BCUT2D eigenvalue weighted by molar-refractivity contribution is 6.07. The molecule has 1 aliphatic carbocycles. The van der Waals surface area contributed by atoms with E-state index in [-0.39, 0.29) is 35.3 Å². The molecule has 3 N–H and O–H groups in total. The summed E-state index contributed by atoms with van der Waals surface area (Å²) < 4.78 is 0. The molecule has 1 fully saturated rings. The van der Waals surface area contributed by atoms with Gasteiger partial charge >= 0.3 is 5.97 Å². The van der Waals surface area contributed by atoms with Crippen LogP contribution in [0.2, 0.25) is 0 Å². The zero-order chi connectivity index (χ0) is 24.2. The maximum atomic E-state index is 13.7. The van der Waals surface area contributed by atoms with Crippen LogP contribution >= 0.6 is 0 Å². The Balaban J connectivity index is 1.59. The fourth-order valence-electron chi connectivity index (χ4n) is 5.51. The second-order valence-electron chi connectivity index (χ2n) is 9.20. The van der Waals surface area contributed by atoms with Gasteiger partial charge in [-0.2, -0.15) is 0 Å². The second-order valence-corrected chi connectivity index (χ2v) is 9.20. The van der Waals surface area contributed by atoms with Gasteiger partial charge in [-0.3, -0.25) is 19.2 Å². The molecule has 2 amide bonds. The molecule has 0 spiro atoms. The van der Waals surface area contributed by atoms with Crippen LogP contribution < -0.4 is 5.73 Å². The minimum Gasteiger partial charge on any atom is -0.481 e. The molecule has 34 heavy (non-hydrogen) atoms. The topological polar surface area (TPSA) is 118 Å². The fourth-order valence-corrected chi connectivity index (χ4v) is 5.51. The van der Waals surface area contributed by atoms with Gasteiger partial charge in [-0.05, 0) is 42.9 Å². The summed E-state index contributed by atoms with van der Waals surface area (Å²) in [6.45, 7) is 0.495. The Morgan fingerprint density at radius 3 is 2.26 bits per heavy atom. The van der Waals surface area contributed by atoms with Gasteiger partial charge in [-0.15, -0.1) is 0 Å². The summed E-state index contributed by atoms with van der Waals surface area (Å²) >= 11 is 0. The van der Waals surface area contributed by atoms with Gasteiger partial charge < -0.3 is 15.7 Å². The molecule has 2 aromatic rings. The van der Waals surface area contributed by atoms with Crippen molar-refractivity contribution in [2.45, 2.75) is 51.0 Å². The highest BCUT2D eigenvalue weighted by atomic mass is 16.4. The Kier molecular flexibility index (Phi) is 7.10.